The second-order valence-corrected chi connectivity index (χ2v) is 7.12. The number of carbonyl (C=O) groups excluding carboxylic acids is 1. The molecule has 1 saturated carbocycles. The molecule has 140 valence electrons. The number of methoxy groups -OCH3 is 1. The van der Waals surface area contributed by atoms with Crippen molar-refractivity contribution in [1.29, 1.82) is 0 Å². The number of nitrogens with zero attached hydrogens (tertiary/aromatic N) is 1. The number of nitrogens with one attached hydrogen (secondary N) is 1. The number of hydrogen-bond acceptors (Lipinski definition) is 4. The largest absolute Gasteiger partial charge is 0.497 e. The fourth-order valence-corrected chi connectivity index (χ4v) is 3.62. The van der Waals surface area contributed by atoms with Crippen molar-refractivity contribution in [2.24, 2.45) is 0 Å². The molecule has 2 aromatic carbocycles. The van der Waals surface area contributed by atoms with Crippen molar-refractivity contribution in [3.63, 3.8) is 0 Å². The summed E-state index contributed by atoms with van der Waals surface area (Å²) in [6.07, 6.45) is 6.40. The Hall–Kier alpha value is -2.82. The molecule has 0 bridgehead atoms. The molecule has 5 nitrogen and oxygen atoms in total. The van der Waals surface area contributed by atoms with E-state index in [1.807, 2.05) is 36.4 Å². The van der Waals surface area contributed by atoms with Gasteiger partial charge in [-0.1, -0.05) is 31.4 Å². The zero-order valence-corrected chi connectivity index (χ0v) is 15.5. The topological polar surface area (TPSA) is 64.4 Å². The molecule has 0 spiro atoms. The van der Waals surface area contributed by atoms with Gasteiger partial charge >= 0.3 is 0 Å². The van der Waals surface area contributed by atoms with Gasteiger partial charge in [-0.05, 0) is 48.7 Å². The minimum Gasteiger partial charge on any atom is -0.497 e. The standard InChI is InChI=1S/C22H24N2O3/c1-26-18-10-7-15(8-11-18)13-21-24-19-12-9-16(14-20(19)27-21)22(25)23-17-5-3-2-4-6-17/h7-12,14,17H,2-6,13H2,1H3,(H,23,25). The smallest absolute Gasteiger partial charge is 0.251 e. The third-order valence-electron chi connectivity index (χ3n) is 5.15. The van der Waals surface area contributed by atoms with Crippen molar-refractivity contribution in [2.75, 3.05) is 7.11 Å². The van der Waals surface area contributed by atoms with E-state index >= 15 is 0 Å². The van der Waals surface area contributed by atoms with Gasteiger partial charge < -0.3 is 14.5 Å². The van der Waals surface area contributed by atoms with Gasteiger partial charge in [0.05, 0.1) is 7.11 Å². The van der Waals surface area contributed by atoms with Gasteiger partial charge in [0, 0.05) is 18.0 Å². The SMILES string of the molecule is COc1ccc(Cc2nc3ccc(C(=O)NC4CCCCC4)cc3o2)cc1. The molecule has 1 N–H and O–H groups in total. The van der Waals surface area contributed by atoms with E-state index in [2.05, 4.69) is 10.3 Å². The molecule has 0 saturated heterocycles. The van der Waals surface area contributed by atoms with Crippen molar-refractivity contribution >= 4 is 17.0 Å². The minimum absolute atomic E-state index is 0.0306. The summed E-state index contributed by atoms with van der Waals surface area (Å²) >= 11 is 0. The zero-order chi connectivity index (χ0) is 18.6. The molecule has 0 aliphatic heterocycles. The van der Waals surface area contributed by atoms with Gasteiger partial charge in [0.2, 0.25) is 0 Å². The lowest BCUT2D eigenvalue weighted by Gasteiger charge is -2.22. The number of fused-ring (bicyclic) bond motifs is 1. The monoisotopic (exact) mass is 364 g/mol. The van der Waals surface area contributed by atoms with Crippen molar-refractivity contribution in [3.8, 4) is 5.75 Å². The molecule has 0 unspecified atom stereocenters. The summed E-state index contributed by atoms with van der Waals surface area (Å²) in [5, 5.41) is 3.14. The molecule has 0 radical (unpaired) electrons. The van der Waals surface area contributed by atoms with Crippen LogP contribution in [0.25, 0.3) is 11.1 Å². The number of rotatable bonds is 5. The first-order valence-electron chi connectivity index (χ1n) is 9.54. The Morgan fingerprint density at radius 1 is 1.15 bits per heavy atom. The molecule has 1 aromatic heterocycles. The number of ether oxygens (including phenoxy) is 1. The van der Waals surface area contributed by atoms with E-state index in [1.165, 1.54) is 19.3 Å². The van der Waals surface area contributed by atoms with Crippen LogP contribution in [0.2, 0.25) is 0 Å². The highest BCUT2D eigenvalue weighted by Crippen LogP contribution is 2.22. The maximum Gasteiger partial charge on any atom is 0.251 e. The Morgan fingerprint density at radius 2 is 1.93 bits per heavy atom. The predicted octanol–water partition coefficient (Wildman–Crippen LogP) is 4.49. The first-order valence-corrected chi connectivity index (χ1v) is 9.54. The van der Waals surface area contributed by atoms with Crippen LogP contribution in [0.5, 0.6) is 5.75 Å². The van der Waals surface area contributed by atoms with E-state index in [-0.39, 0.29) is 5.91 Å². The lowest BCUT2D eigenvalue weighted by molar-refractivity contribution is 0.0927. The van der Waals surface area contributed by atoms with E-state index in [1.54, 1.807) is 13.2 Å². The summed E-state index contributed by atoms with van der Waals surface area (Å²) < 4.78 is 11.1. The highest BCUT2D eigenvalue weighted by atomic mass is 16.5. The summed E-state index contributed by atoms with van der Waals surface area (Å²) in [6.45, 7) is 0. The van der Waals surface area contributed by atoms with Crippen molar-refractivity contribution < 1.29 is 13.9 Å². The average Bonchev–Trinajstić information content (AvgIpc) is 3.10. The maximum atomic E-state index is 12.5. The Morgan fingerprint density at radius 3 is 2.67 bits per heavy atom. The number of benzene rings is 2. The van der Waals surface area contributed by atoms with Gasteiger partial charge in [-0.25, -0.2) is 4.98 Å². The van der Waals surface area contributed by atoms with E-state index in [4.69, 9.17) is 9.15 Å². The van der Waals surface area contributed by atoms with E-state index in [0.717, 1.165) is 29.7 Å². The molecule has 3 aromatic rings. The third kappa shape index (κ3) is 4.13. The maximum absolute atomic E-state index is 12.5. The van der Waals surface area contributed by atoms with Crippen LogP contribution in [-0.4, -0.2) is 24.0 Å². The predicted molar refractivity (Wildman–Crippen MR) is 104 cm³/mol. The Balaban J connectivity index is 1.48. The summed E-state index contributed by atoms with van der Waals surface area (Å²) in [6, 6.07) is 13.6. The lowest BCUT2D eigenvalue weighted by atomic mass is 9.95. The van der Waals surface area contributed by atoms with Gasteiger partial charge in [0.1, 0.15) is 11.3 Å². The van der Waals surface area contributed by atoms with E-state index in [0.29, 0.717) is 29.5 Å². The fraction of sp³-hybridized carbons (Fsp3) is 0.364. The molecule has 1 heterocycles. The number of carbonyl (C=O) groups is 1. The van der Waals surface area contributed by atoms with E-state index in [9.17, 15) is 4.79 Å². The second kappa shape index (κ2) is 7.82. The molecular weight excluding hydrogens is 340 g/mol. The first kappa shape index (κ1) is 17.6. The second-order valence-electron chi connectivity index (χ2n) is 7.12. The van der Waals surface area contributed by atoms with Crippen molar-refractivity contribution in [3.05, 3.63) is 59.5 Å². The van der Waals surface area contributed by atoms with Gasteiger partial charge in [0.15, 0.2) is 11.5 Å². The molecule has 27 heavy (non-hydrogen) atoms. The van der Waals surface area contributed by atoms with Crippen LogP contribution in [0.4, 0.5) is 0 Å². The highest BCUT2D eigenvalue weighted by Gasteiger charge is 2.17. The molecule has 1 aliphatic carbocycles. The summed E-state index contributed by atoms with van der Waals surface area (Å²) in [5.41, 5.74) is 3.14. The molecule has 0 atom stereocenters. The third-order valence-corrected chi connectivity index (χ3v) is 5.15. The summed E-state index contributed by atoms with van der Waals surface area (Å²) in [7, 11) is 1.65. The molecule has 1 fully saturated rings. The highest BCUT2D eigenvalue weighted by molar-refractivity contribution is 5.97. The van der Waals surface area contributed by atoms with Crippen LogP contribution in [0.1, 0.15) is 53.9 Å². The van der Waals surface area contributed by atoms with Crippen molar-refractivity contribution in [2.45, 2.75) is 44.6 Å². The van der Waals surface area contributed by atoms with Crippen molar-refractivity contribution in [1.82, 2.24) is 10.3 Å². The van der Waals surface area contributed by atoms with Crippen LogP contribution in [0, 0.1) is 0 Å². The van der Waals surface area contributed by atoms with Crippen LogP contribution < -0.4 is 10.1 Å². The number of oxazole rings is 1. The fourth-order valence-electron chi connectivity index (χ4n) is 3.62. The zero-order valence-electron chi connectivity index (χ0n) is 15.5. The minimum atomic E-state index is -0.0306. The molecule has 4 rings (SSSR count). The van der Waals surface area contributed by atoms with Crippen LogP contribution in [-0.2, 0) is 6.42 Å². The quantitative estimate of drug-likeness (QED) is 0.724. The van der Waals surface area contributed by atoms with Crippen LogP contribution >= 0.6 is 0 Å². The van der Waals surface area contributed by atoms with Gasteiger partial charge in [-0.3, -0.25) is 4.79 Å². The molecule has 1 aliphatic rings. The van der Waals surface area contributed by atoms with Gasteiger partial charge in [0.25, 0.3) is 5.91 Å². The Labute approximate surface area is 158 Å². The molecule has 5 heteroatoms. The average molecular weight is 364 g/mol. The Kier molecular flexibility index (Phi) is 5.10. The van der Waals surface area contributed by atoms with Gasteiger partial charge in [-0.15, -0.1) is 0 Å². The normalized spacial score (nSPS) is 15.0. The number of amides is 1. The van der Waals surface area contributed by atoms with Gasteiger partial charge in [-0.2, -0.15) is 0 Å². The molecular formula is C22H24N2O3. The van der Waals surface area contributed by atoms with Crippen LogP contribution in [0.15, 0.2) is 46.9 Å². The lowest BCUT2D eigenvalue weighted by Crippen LogP contribution is -2.36. The summed E-state index contributed by atoms with van der Waals surface area (Å²) in [5.74, 6) is 1.43. The number of aromatic nitrogens is 1. The molecule has 1 amide bonds. The summed E-state index contributed by atoms with van der Waals surface area (Å²) in [4.78, 5) is 17.1. The van der Waals surface area contributed by atoms with E-state index < -0.39 is 0 Å². The Bertz CT molecular complexity index is 924. The van der Waals surface area contributed by atoms with Crippen LogP contribution in [0.3, 0.4) is 0 Å². The number of hydrogen-bond donors (Lipinski definition) is 1. The first-order chi connectivity index (χ1) is 13.2.